The Morgan fingerprint density at radius 3 is 2.53 bits per heavy atom. The third-order valence-electron chi connectivity index (χ3n) is 2.48. The quantitative estimate of drug-likeness (QED) is 0.800. The molecule has 0 aliphatic heterocycles. The lowest BCUT2D eigenvalue weighted by Gasteiger charge is -2.10. The third-order valence-corrected chi connectivity index (χ3v) is 2.79. The number of ether oxygens (including phenoxy) is 1. The van der Waals surface area contributed by atoms with E-state index in [1.807, 2.05) is 13.0 Å². The van der Waals surface area contributed by atoms with Crippen LogP contribution in [0.25, 0.3) is 10.8 Å². The molecule has 1 N–H and O–H groups in total. The van der Waals surface area contributed by atoms with E-state index in [2.05, 4.69) is 0 Å². The number of hydrogen-bond donors (Lipinski definition) is 1. The summed E-state index contributed by atoms with van der Waals surface area (Å²) < 4.78 is 5.20. The van der Waals surface area contributed by atoms with Gasteiger partial charge in [-0.05, 0) is 30.7 Å². The van der Waals surface area contributed by atoms with Gasteiger partial charge in [0.05, 0.1) is 12.5 Å². The molecule has 0 bridgehead atoms. The molecule has 0 fully saturated rings. The van der Waals surface area contributed by atoms with Crippen molar-refractivity contribution in [1.29, 1.82) is 0 Å². The summed E-state index contributed by atoms with van der Waals surface area (Å²) in [5.41, 5.74) is 1.02. The van der Waals surface area contributed by atoms with Crippen LogP contribution in [0.2, 0.25) is 5.02 Å². The van der Waals surface area contributed by atoms with Crippen LogP contribution in [0.15, 0.2) is 24.3 Å². The van der Waals surface area contributed by atoms with Crippen LogP contribution in [0.3, 0.4) is 0 Å². The number of halogens is 1. The Hall–Kier alpha value is -1.41. The lowest BCUT2D eigenvalue weighted by molar-refractivity contribution is 0.416. The number of aromatic hydroxyl groups is 1. The second kappa shape index (κ2) is 3.63. The number of phenolic OH excluding ortho intramolecular Hbond substituents is 1. The van der Waals surface area contributed by atoms with E-state index in [0.29, 0.717) is 16.2 Å². The van der Waals surface area contributed by atoms with Crippen molar-refractivity contribution in [2.24, 2.45) is 0 Å². The van der Waals surface area contributed by atoms with Crippen LogP contribution >= 0.6 is 11.6 Å². The molecule has 78 valence electrons. The fourth-order valence-electron chi connectivity index (χ4n) is 1.74. The van der Waals surface area contributed by atoms with Crippen LogP contribution in [0.1, 0.15) is 5.56 Å². The summed E-state index contributed by atoms with van der Waals surface area (Å²) >= 11 is 6.10. The standard InChI is InChI=1S/C12H11ClO2/c1-7-3-5-9(14)12-10(15-2)6-4-8(13)11(7)12/h3-6,14H,1-2H3. The molecule has 0 aliphatic carbocycles. The Kier molecular flexibility index (Phi) is 2.45. The molecule has 15 heavy (non-hydrogen) atoms. The second-order valence-electron chi connectivity index (χ2n) is 3.40. The van der Waals surface area contributed by atoms with Gasteiger partial charge in [0, 0.05) is 10.4 Å². The van der Waals surface area contributed by atoms with E-state index in [0.717, 1.165) is 10.9 Å². The molecule has 0 radical (unpaired) electrons. The van der Waals surface area contributed by atoms with Gasteiger partial charge < -0.3 is 9.84 Å². The SMILES string of the molecule is COc1ccc(Cl)c2c(C)ccc(O)c12. The molecule has 0 aromatic heterocycles. The summed E-state index contributed by atoms with van der Waals surface area (Å²) in [5.74, 6) is 0.825. The molecular weight excluding hydrogens is 212 g/mol. The minimum absolute atomic E-state index is 0.190. The van der Waals surface area contributed by atoms with E-state index in [4.69, 9.17) is 16.3 Å². The first-order valence-corrected chi connectivity index (χ1v) is 4.97. The van der Waals surface area contributed by atoms with E-state index < -0.39 is 0 Å². The maximum Gasteiger partial charge on any atom is 0.130 e. The topological polar surface area (TPSA) is 29.5 Å². The van der Waals surface area contributed by atoms with Crippen LogP contribution in [-0.4, -0.2) is 12.2 Å². The van der Waals surface area contributed by atoms with Crippen molar-refractivity contribution in [3.05, 3.63) is 34.9 Å². The third kappa shape index (κ3) is 1.51. The van der Waals surface area contributed by atoms with Crippen molar-refractivity contribution >= 4 is 22.4 Å². The van der Waals surface area contributed by atoms with Gasteiger partial charge in [0.25, 0.3) is 0 Å². The molecule has 0 aliphatic rings. The molecule has 0 spiro atoms. The largest absolute Gasteiger partial charge is 0.507 e. The van der Waals surface area contributed by atoms with E-state index in [-0.39, 0.29) is 5.75 Å². The van der Waals surface area contributed by atoms with Crippen LogP contribution in [-0.2, 0) is 0 Å². The van der Waals surface area contributed by atoms with Crippen LogP contribution in [0, 0.1) is 6.92 Å². The summed E-state index contributed by atoms with van der Waals surface area (Å²) in [6.07, 6.45) is 0. The van der Waals surface area contributed by atoms with E-state index in [1.54, 1.807) is 25.3 Å². The highest BCUT2D eigenvalue weighted by Crippen LogP contribution is 2.38. The number of rotatable bonds is 1. The van der Waals surface area contributed by atoms with Crippen molar-refractivity contribution in [3.8, 4) is 11.5 Å². The van der Waals surface area contributed by atoms with Crippen molar-refractivity contribution in [2.45, 2.75) is 6.92 Å². The summed E-state index contributed by atoms with van der Waals surface area (Å²) in [7, 11) is 1.57. The zero-order valence-corrected chi connectivity index (χ0v) is 9.30. The Morgan fingerprint density at radius 2 is 1.87 bits per heavy atom. The smallest absolute Gasteiger partial charge is 0.130 e. The number of benzene rings is 2. The zero-order valence-electron chi connectivity index (χ0n) is 8.54. The Bertz CT molecular complexity index is 512. The Morgan fingerprint density at radius 1 is 1.13 bits per heavy atom. The van der Waals surface area contributed by atoms with Gasteiger partial charge in [-0.25, -0.2) is 0 Å². The molecule has 2 rings (SSSR count). The number of phenols is 1. The Balaban J connectivity index is 2.99. The van der Waals surface area contributed by atoms with Crippen LogP contribution in [0.5, 0.6) is 11.5 Å². The van der Waals surface area contributed by atoms with Crippen molar-refractivity contribution < 1.29 is 9.84 Å². The number of fused-ring (bicyclic) bond motifs is 1. The van der Waals surface area contributed by atoms with Gasteiger partial charge in [-0.2, -0.15) is 0 Å². The normalized spacial score (nSPS) is 10.6. The maximum atomic E-state index is 9.79. The van der Waals surface area contributed by atoms with Crippen molar-refractivity contribution in [1.82, 2.24) is 0 Å². The van der Waals surface area contributed by atoms with Crippen molar-refractivity contribution in [3.63, 3.8) is 0 Å². The first kappa shape index (κ1) is 10.1. The van der Waals surface area contributed by atoms with Gasteiger partial charge in [-0.1, -0.05) is 17.7 Å². The predicted molar refractivity (Wildman–Crippen MR) is 61.9 cm³/mol. The number of methoxy groups -OCH3 is 1. The minimum atomic E-state index is 0.190. The average molecular weight is 223 g/mol. The number of aryl methyl sites for hydroxylation is 1. The van der Waals surface area contributed by atoms with E-state index in [1.165, 1.54) is 0 Å². The van der Waals surface area contributed by atoms with E-state index in [9.17, 15) is 5.11 Å². The van der Waals surface area contributed by atoms with Crippen LogP contribution in [0.4, 0.5) is 0 Å². The maximum absolute atomic E-state index is 9.79. The predicted octanol–water partition coefficient (Wildman–Crippen LogP) is 3.52. The molecule has 2 aromatic carbocycles. The summed E-state index contributed by atoms with van der Waals surface area (Å²) in [4.78, 5) is 0. The second-order valence-corrected chi connectivity index (χ2v) is 3.81. The molecule has 0 heterocycles. The first-order valence-electron chi connectivity index (χ1n) is 4.60. The fourth-order valence-corrected chi connectivity index (χ4v) is 2.05. The van der Waals surface area contributed by atoms with Gasteiger partial charge in [-0.15, -0.1) is 0 Å². The summed E-state index contributed by atoms with van der Waals surface area (Å²) in [6.45, 7) is 1.95. The highest BCUT2D eigenvalue weighted by atomic mass is 35.5. The van der Waals surface area contributed by atoms with Gasteiger partial charge in [0.15, 0.2) is 0 Å². The van der Waals surface area contributed by atoms with Gasteiger partial charge in [0.1, 0.15) is 11.5 Å². The average Bonchev–Trinajstić information content (AvgIpc) is 2.23. The fraction of sp³-hybridized carbons (Fsp3) is 0.167. The molecule has 0 saturated carbocycles. The monoisotopic (exact) mass is 222 g/mol. The molecule has 0 unspecified atom stereocenters. The van der Waals surface area contributed by atoms with Gasteiger partial charge in [0.2, 0.25) is 0 Å². The molecule has 0 saturated heterocycles. The van der Waals surface area contributed by atoms with Crippen LogP contribution < -0.4 is 4.74 Å². The lowest BCUT2D eigenvalue weighted by atomic mass is 10.0. The molecule has 0 amide bonds. The zero-order chi connectivity index (χ0) is 11.0. The summed E-state index contributed by atoms with van der Waals surface area (Å²) in [5, 5.41) is 11.9. The molecule has 0 atom stereocenters. The molecule has 3 heteroatoms. The molecule has 2 aromatic rings. The first-order chi connectivity index (χ1) is 7.15. The molecular formula is C12H11ClO2. The molecule has 2 nitrogen and oxygen atoms in total. The highest BCUT2D eigenvalue weighted by molar-refractivity contribution is 6.36. The van der Waals surface area contributed by atoms with Crippen molar-refractivity contribution in [2.75, 3.05) is 7.11 Å². The lowest BCUT2D eigenvalue weighted by Crippen LogP contribution is -1.88. The number of hydrogen-bond acceptors (Lipinski definition) is 2. The highest BCUT2D eigenvalue weighted by Gasteiger charge is 2.11. The minimum Gasteiger partial charge on any atom is -0.507 e. The van der Waals surface area contributed by atoms with Gasteiger partial charge in [-0.3, -0.25) is 0 Å². The van der Waals surface area contributed by atoms with Gasteiger partial charge >= 0.3 is 0 Å². The Labute approximate surface area is 93.1 Å². The summed E-state index contributed by atoms with van der Waals surface area (Å²) in [6, 6.07) is 7.01. The van der Waals surface area contributed by atoms with E-state index >= 15 is 0 Å².